The van der Waals surface area contributed by atoms with E-state index in [-0.39, 0.29) is 6.61 Å². The summed E-state index contributed by atoms with van der Waals surface area (Å²) >= 11 is 0. The number of ether oxygens (including phenoxy) is 1. The van der Waals surface area contributed by atoms with Gasteiger partial charge in [0.05, 0.1) is 13.2 Å². The van der Waals surface area contributed by atoms with Crippen molar-refractivity contribution in [2.24, 2.45) is 5.92 Å². The summed E-state index contributed by atoms with van der Waals surface area (Å²) in [6.45, 7) is 2.34. The molecule has 1 aromatic carbocycles. The van der Waals surface area contributed by atoms with Crippen LogP contribution in [0, 0.1) is 5.92 Å². The average Bonchev–Trinajstić information content (AvgIpc) is 3.20. The molecule has 0 spiro atoms. The van der Waals surface area contributed by atoms with Crippen LogP contribution in [0.25, 0.3) is 0 Å². The zero-order chi connectivity index (χ0) is 12.3. The predicted octanol–water partition coefficient (Wildman–Crippen LogP) is 2.07. The molecule has 0 saturated heterocycles. The summed E-state index contributed by atoms with van der Waals surface area (Å²) in [5, 5.41) is 19.5. The van der Waals surface area contributed by atoms with E-state index in [2.05, 4.69) is 0 Å². The molecule has 1 saturated carbocycles. The minimum absolute atomic E-state index is 0.268. The molecule has 0 radical (unpaired) electrons. The standard InChI is InChI=1S/C14H20O3/c1-2-14(16,10-15)12-4-3-5-13(8-12)17-9-11-6-7-11/h3-5,8,11,15-16H,2,6-7,9-10H2,1H3/t14-/m0/s1. The van der Waals surface area contributed by atoms with Crippen molar-refractivity contribution in [2.45, 2.75) is 31.8 Å². The van der Waals surface area contributed by atoms with Crippen molar-refractivity contribution in [1.82, 2.24) is 0 Å². The molecule has 0 aromatic heterocycles. The van der Waals surface area contributed by atoms with Crippen LogP contribution in [0.2, 0.25) is 0 Å². The van der Waals surface area contributed by atoms with E-state index in [9.17, 15) is 10.2 Å². The Morgan fingerprint density at radius 2 is 2.18 bits per heavy atom. The zero-order valence-corrected chi connectivity index (χ0v) is 10.2. The molecule has 0 aliphatic heterocycles. The first-order chi connectivity index (χ1) is 8.18. The maximum atomic E-state index is 10.2. The maximum Gasteiger partial charge on any atom is 0.119 e. The smallest absolute Gasteiger partial charge is 0.119 e. The first kappa shape index (κ1) is 12.4. The maximum absolute atomic E-state index is 10.2. The molecule has 1 aromatic rings. The first-order valence-corrected chi connectivity index (χ1v) is 6.24. The highest BCUT2D eigenvalue weighted by Crippen LogP contribution is 2.31. The van der Waals surface area contributed by atoms with Crippen molar-refractivity contribution in [2.75, 3.05) is 13.2 Å². The van der Waals surface area contributed by atoms with Gasteiger partial charge in [-0.2, -0.15) is 0 Å². The molecule has 1 atom stereocenters. The van der Waals surface area contributed by atoms with Crippen LogP contribution in [-0.2, 0) is 5.60 Å². The van der Waals surface area contributed by atoms with Gasteiger partial charge in [0.2, 0.25) is 0 Å². The lowest BCUT2D eigenvalue weighted by atomic mass is 9.92. The van der Waals surface area contributed by atoms with Crippen LogP contribution in [0.4, 0.5) is 0 Å². The second kappa shape index (κ2) is 5.07. The van der Waals surface area contributed by atoms with E-state index in [4.69, 9.17) is 4.74 Å². The lowest BCUT2D eigenvalue weighted by Crippen LogP contribution is -2.29. The molecule has 1 aliphatic rings. The van der Waals surface area contributed by atoms with Crippen molar-refractivity contribution in [3.8, 4) is 5.75 Å². The van der Waals surface area contributed by atoms with E-state index in [0.717, 1.165) is 17.9 Å². The predicted molar refractivity (Wildman–Crippen MR) is 65.9 cm³/mol. The second-order valence-electron chi connectivity index (χ2n) is 4.83. The van der Waals surface area contributed by atoms with Gasteiger partial charge >= 0.3 is 0 Å². The number of rotatable bonds is 6. The normalized spacial score (nSPS) is 18.8. The Morgan fingerprint density at radius 1 is 1.41 bits per heavy atom. The summed E-state index contributed by atoms with van der Waals surface area (Å²) < 4.78 is 5.66. The summed E-state index contributed by atoms with van der Waals surface area (Å²) in [7, 11) is 0. The van der Waals surface area contributed by atoms with Crippen LogP contribution < -0.4 is 4.74 Å². The third-order valence-electron chi connectivity index (χ3n) is 3.40. The van der Waals surface area contributed by atoms with Crippen LogP contribution in [0.1, 0.15) is 31.7 Å². The molecule has 2 N–H and O–H groups in total. The highest BCUT2D eigenvalue weighted by atomic mass is 16.5. The molecule has 0 unspecified atom stereocenters. The number of hydrogen-bond donors (Lipinski definition) is 2. The Bertz CT molecular complexity index is 367. The minimum Gasteiger partial charge on any atom is -0.493 e. The molecule has 3 nitrogen and oxygen atoms in total. The summed E-state index contributed by atoms with van der Waals surface area (Å²) in [5.41, 5.74) is -0.435. The van der Waals surface area contributed by atoms with Crippen LogP contribution >= 0.6 is 0 Å². The Labute approximate surface area is 102 Å². The first-order valence-electron chi connectivity index (χ1n) is 6.24. The average molecular weight is 236 g/mol. The van der Waals surface area contributed by atoms with E-state index >= 15 is 0 Å². The lowest BCUT2D eigenvalue weighted by Gasteiger charge is -2.25. The fourth-order valence-electron chi connectivity index (χ4n) is 1.78. The third kappa shape index (κ3) is 2.99. The molecule has 1 aliphatic carbocycles. The van der Waals surface area contributed by atoms with Gasteiger partial charge in [0, 0.05) is 0 Å². The fraction of sp³-hybridized carbons (Fsp3) is 0.571. The molecule has 3 heteroatoms. The third-order valence-corrected chi connectivity index (χ3v) is 3.40. The van der Waals surface area contributed by atoms with Crippen molar-refractivity contribution in [3.63, 3.8) is 0 Å². The largest absolute Gasteiger partial charge is 0.493 e. The van der Waals surface area contributed by atoms with Crippen molar-refractivity contribution < 1.29 is 14.9 Å². The van der Waals surface area contributed by atoms with Gasteiger partial charge in [-0.15, -0.1) is 0 Å². The minimum atomic E-state index is -1.15. The number of aliphatic hydroxyl groups excluding tert-OH is 1. The van der Waals surface area contributed by atoms with Crippen LogP contribution in [0.3, 0.4) is 0 Å². The molecular formula is C14H20O3. The Morgan fingerprint density at radius 3 is 2.76 bits per heavy atom. The molecular weight excluding hydrogens is 216 g/mol. The van der Waals surface area contributed by atoms with Gasteiger partial charge in [-0.1, -0.05) is 19.1 Å². The quantitative estimate of drug-likeness (QED) is 0.795. The molecule has 17 heavy (non-hydrogen) atoms. The van der Waals surface area contributed by atoms with Gasteiger partial charge in [0.1, 0.15) is 11.4 Å². The summed E-state index contributed by atoms with van der Waals surface area (Å²) in [6.07, 6.45) is 3.00. The van der Waals surface area contributed by atoms with Crippen molar-refractivity contribution in [1.29, 1.82) is 0 Å². The number of benzene rings is 1. The second-order valence-corrected chi connectivity index (χ2v) is 4.83. The van der Waals surface area contributed by atoms with Gasteiger partial charge in [0.15, 0.2) is 0 Å². The Hall–Kier alpha value is -1.06. The van der Waals surface area contributed by atoms with Crippen LogP contribution in [0.15, 0.2) is 24.3 Å². The van der Waals surface area contributed by atoms with E-state index in [0.29, 0.717) is 12.3 Å². The van der Waals surface area contributed by atoms with E-state index in [1.54, 1.807) is 0 Å². The highest BCUT2D eigenvalue weighted by molar-refractivity contribution is 5.32. The molecule has 0 amide bonds. The van der Waals surface area contributed by atoms with Crippen LogP contribution in [-0.4, -0.2) is 23.4 Å². The molecule has 94 valence electrons. The van der Waals surface area contributed by atoms with Gasteiger partial charge < -0.3 is 14.9 Å². The molecule has 0 bridgehead atoms. The summed E-state index contributed by atoms with van der Waals surface area (Å²) in [4.78, 5) is 0. The number of aliphatic hydroxyl groups is 2. The van der Waals surface area contributed by atoms with Crippen LogP contribution in [0.5, 0.6) is 5.75 Å². The Kier molecular flexibility index (Phi) is 3.69. The van der Waals surface area contributed by atoms with E-state index in [1.807, 2.05) is 31.2 Å². The lowest BCUT2D eigenvalue weighted by molar-refractivity contribution is -0.0224. The number of hydrogen-bond acceptors (Lipinski definition) is 3. The van der Waals surface area contributed by atoms with E-state index in [1.165, 1.54) is 12.8 Å². The van der Waals surface area contributed by atoms with Crippen molar-refractivity contribution >= 4 is 0 Å². The van der Waals surface area contributed by atoms with Gasteiger partial charge in [-0.05, 0) is 42.9 Å². The monoisotopic (exact) mass is 236 g/mol. The topological polar surface area (TPSA) is 49.7 Å². The molecule has 0 heterocycles. The Balaban J connectivity index is 2.08. The van der Waals surface area contributed by atoms with Gasteiger partial charge in [0.25, 0.3) is 0 Å². The van der Waals surface area contributed by atoms with E-state index < -0.39 is 5.60 Å². The van der Waals surface area contributed by atoms with Crippen molar-refractivity contribution in [3.05, 3.63) is 29.8 Å². The molecule has 1 fully saturated rings. The van der Waals surface area contributed by atoms with Gasteiger partial charge in [-0.25, -0.2) is 0 Å². The summed E-state index contributed by atoms with van der Waals surface area (Å²) in [5.74, 6) is 1.48. The SMILES string of the molecule is CC[C@](O)(CO)c1cccc(OCC2CC2)c1. The highest BCUT2D eigenvalue weighted by Gasteiger charge is 2.27. The van der Waals surface area contributed by atoms with Gasteiger partial charge in [-0.3, -0.25) is 0 Å². The zero-order valence-electron chi connectivity index (χ0n) is 10.2. The summed E-state index contributed by atoms with van der Waals surface area (Å²) in [6, 6.07) is 7.39. The fourth-order valence-corrected chi connectivity index (χ4v) is 1.78. The molecule has 2 rings (SSSR count).